The summed E-state index contributed by atoms with van der Waals surface area (Å²) in [5.41, 5.74) is 7.05. The molecule has 1 aromatic heterocycles. The topological polar surface area (TPSA) is 65.9 Å². The van der Waals surface area contributed by atoms with Crippen molar-refractivity contribution in [1.82, 2.24) is 19.4 Å². The molecule has 3 aliphatic rings. The van der Waals surface area contributed by atoms with Crippen LogP contribution in [-0.4, -0.2) is 64.9 Å². The number of nitrogens with two attached hydrogens (primary N) is 1. The van der Waals surface area contributed by atoms with Crippen LogP contribution in [0.1, 0.15) is 32.6 Å². The van der Waals surface area contributed by atoms with Gasteiger partial charge in [0, 0.05) is 45.5 Å². The van der Waals surface area contributed by atoms with E-state index in [0.29, 0.717) is 6.54 Å². The molecular weight excluding hydrogens is 326 g/mol. The van der Waals surface area contributed by atoms with Gasteiger partial charge in [-0.2, -0.15) is 4.98 Å². The third-order valence-corrected chi connectivity index (χ3v) is 5.52. The lowest BCUT2D eigenvalue weighted by Crippen LogP contribution is -2.49. The van der Waals surface area contributed by atoms with Crippen molar-refractivity contribution < 1.29 is 0 Å². The normalized spacial score (nSPS) is 26.0. The Morgan fingerprint density at radius 1 is 1.23 bits per heavy atom. The summed E-state index contributed by atoms with van der Waals surface area (Å²) < 4.78 is 2.20. The van der Waals surface area contributed by atoms with E-state index in [-0.39, 0.29) is 12.3 Å². The summed E-state index contributed by atoms with van der Waals surface area (Å²) in [6.07, 6.45) is 6.94. The molecule has 2 unspecified atom stereocenters. The highest BCUT2D eigenvalue weighted by molar-refractivity contribution is 5.36. The fraction of sp³-hybridized carbons (Fsp3) is 0.684. The van der Waals surface area contributed by atoms with Crippen molar-refractivity contribution in [2.45, 2.75) is 51.5 Å². The Kier molecular flexibility index (Phi) is 4.88. The lowest BCUT2D eigenvalue weighted by molar-refractivity contribution is 0.131. The van der Waals surface area contributed by atoms with Crippen LogP contribution in [0.15, 0.2) is 4.99 Å². The van der Waals surface area contributed by atoms with Gasteiger partial charge in [0.25, 0.3) is 0 Å². The third-order valence-electron chi connectivity index (χ3n) is 5.52. The zero-order chi connectivity index (χ0) is 18.1. The molecule has 0 radical (unpaired) electrons. The largest absolute Gasteiger partial charge is 0.345 e. The van der Waals surface area contributed by atoms with Crippen LogP contribution in [0.4, 0.5) is 5.95 Å². The molecule has 3 aliphatic heterocycles. The quantitative estimate of drug-likeness (QED) is 0.742. The highest BCUT2D eigenvalue weighted by Crippen LogP contribution is 2.18. The van der Waals surface area contributed by atoms with Gasteiger partial charge in [-0.25, -0.2) is 4.99 Å². The van der Waals surface area contributed by atoms with E-state index in [1.807, 2.05) is 6.92 Å². The number of hydrogen-bond acceptors (Lipinski definition) is 6. The number of anilines is 1. The molecule has 0 aromatic carbocycles. The summed E-state index contributed by atoms with van der Waals surface area (Å²) in [4.78, 5) is 16.9. The number of fused-ring (bicyclic) bond motifs is 1. The molecule has 7 heteroatoms. The monoisotopic (exact) mass is 355 g/mol. The summed E-state index contributed by atoms with van der Waals surface area (Å²) in [6.45, 7) is 6.57. The molecule has 2 saturated heterocycles. The maximum atomic E-state index is 6.21. The first-order valence-corrected chi connectivity index (χ1v) is 9.69. The molecule has 4 heterocycles. The molecule has 2 atom stereocenters. The van der Waals surface area contributed by atoms with Gasteiger partial charge in [-0.3, -0.25) is 9.47 Å². The van der Waals surface area contributed by atoms with Crippen molar-refractivity contribution in [1.29, 1.82) is 0 Å². The average molecular weight is 355 g/mol. The van der Waals surface area contributed by atoms with Gasteiger partial charge in [0.05, 0.1) is 6.54 Å². The van der Waals surface area contributed by atoms with Crippen LogP contribution in [0.5, 0.6) is 0 Å². The molecule has 2 N–H and O–H groups in total. The molecule has 4 rings (SSSR count). The van der Waals surface area contributed by atoms with E-state index in [1.54, 1.807) is 0 Å². The second-order valence-electron chi connectivity index (χ2n) is 7.50. The standard InChI is InChI=1S/C19H29N7/c1-3-4-12-26-16-14-23(2)18(24-9-5-6-10-24)21-17(16)22-19(26)25-11-7-8-15(20)13-25/h14-15,18H,5-13,20H2,1-2H3. The Labute approximate surface area is 155 Å². The SMILES string of the molecule is CC#CCn1c(N2CCCC(N)C2)nc2c1=CN(C)C(N1CCCC1)N=2. The highest BCUT2D eigenvalue weighted by Gasteiger charge is 2.28. The summed E-state index contributed by atoms with van der Waals surface area (Å²) >= 11 is 0. The lowest BCUT2D eigenvalue weighted by atomic mass is 10.1. The molecule has 0 spiro atoms. The molecule has 0 amide bonds. The van der Waals surface area contributed by atoms with Gasteiger partial charge in [0.1, 0.15) is 5.35 Å². The second-order valence-corrected chi connectivity index (χ2v) is 7.50. The smallest absolute Gasteiger partial charge is 0.209 e. The minimum Gasteiger partial charge on any atom is -0.345 e. The van der Waals surface area contributed by atoms with Crippen LogP contribution in [-0.2, 0) is 6.54 Å². The lowest BCUT2D eigenvalue weighted by Gasteiger charge is -2.32. The number of nitrogens with zero attached hydrogens (tertiary/aromatic N) is 6. The van der Waals surface area contributed by atoms with Crippen molar-refractivity contribution in [3.63, 3.8) is 0 Å². The first-order valence-electron chi connectivity index (χ1n) is 9.69. The molecule has 1 aromatic rings. The van der Waals surface area contributed by atoms with E-state index in [4.69, 9.17) is 15.7 Å². The number of rotatable bonds is 3. The Hall–Kier alpha value is -2.04. The molecule has 26 heavy (non-hydrogen) atoms. The fourth-order valence-corrected chi connectivity index (χ4v) is 4.18. The van der Waals surface area contributed by atoms with E-state index >= 15 is 0 Å². The zero-order valence-corrected chi connectivity index (χ0v) is 15.9. The van der Waals surface area contributed by atoms with Crippen molar-refractivity contribution >= 4 is 12.1 Å². The average Bonchev–Trinajstić information content (AvgIpc) is 3.27. The van der Waals surface area contributed by atoms with Gasteiger partial charge in [0.15, 0.2) is 11.8 Å². The van der Waals surface area contributed by atoms with E-state index in [0.717, 1.165) is 55.8 Å². The number of piperidine rings is 1. The van der Waals surface area contributed by atoms with E-state index in [9.17, 15) is 0 Å². The number of aromatic nitrogens is 2. The Balaban J connectivity index is 1.76. The highest BCUT2D eigenvalue weighted by atomic mass is 15.4. The van der Waals surface area contributed by atoms with Gasteiger partial charge in [-0.05, 0) is 32.6 Å². The van der Waals surface area contributed by atoms with Gasteiger partial charge in [-0.15, -0.1) is 5.92 Å². The predicted octanol–water partition coefficient (Wildman–Crippen LogP) is -0.484. The van der Waals surface area contributed by atoms with Crippen LogP contribution in [0.2, 0.25) is 0 Å². The number of likely N-dealkylation sites (tertiary alicyclic amines) is 1. The van der Waals surface area contributed by atoms with Crippen molar-refractivity contribution in [3.8, 4) is 11.8 Å². The summed E-state index contributed by atoms with van der Waals surface area (Å²) in [6, 6.07) is 0.212. The van der Waals surface area contributed by atoms with Gasteiger partial charge in [0.2, 0.25) is 5.95 Å². The Morgan fingerprint density at radius 2 is 2.04 bits per heavy atom. The zero-order valence-electron chi connectivity index (χ0n) is 15.9. The second kappa shape index (κ2) is 7.29. The Bertz CT molecular complexity index is 825. The van der Waals surface area contributed by atoms with Crippen LogP contribution in [0.3, 0.4) is 0 Å². The van der Waals surface area contributed by atoms with Crippen LogP contribution < -0.4 is 21.5 Å². The van der Waals surface area contributed by atoms with E-state index in [1.165, 1.54) is 12.8 Å². The molecule has 0 bridgehead atoms. The van der Waals surface area contributed by atoms with Gasteiger partial charge in [-0.1, -0.05) is 5.92 Å². The number of imidazole rings is 1. The first kappa shape index (κ1) is 17.4. The molecule has 7 nitrogen and oxygen atoms in total. The van der Waals surface area contributed by atoms with Crippen LogP contribution in [0, 0.1) is 11.8 Å². The molecule has 2 fully saturated rings. The minimum atomic E-state index is 0.0575. The van der Waals surface area contributed by atoms with Crippen molar-refractivity contribution in [3.05, 3.63) is 10.8 Å². The van der Waals surface area contributed by atoms with E-state index < -0.39 is 0 Å². The number of hydrogen-bond donors (Lipinski definition) is 1. The van der Waals surface area contributed by atoms with Crippen molar-refractivity contribution in [2.75, 3.05) is 38.1 Å². The molecule has 0 saturated carbocycles. The third kappa shape index (κ3) is 3.19. The van der Waals surface area contributed by atoms with E-state index in [2.05, 4.69) is 44.4 Å². The first-order chi connectivity index (χ1) is 12.7. The molecular formula is C19H29N7. The van der Waals surface area contributed by atoms with Gasteiger partial charge < -0.3 is 15.5 Å². The summed E-state index contributed by atoms with van der Waals surface area (Å²) in [5.74, 6) is 7.17. The fourth-order valence-electron chi connectivity index (χ4n) is 4.18. The maximum Gasteiger partial charge on any atom is 0.209 e. The molecule has 140 valence electrons. The maximum absolute atomic E-state index is 6.21. The Morgan fingerprint density at radius 3 is 2.77 bits per heavy atom. The summed E-state index contributed by atoms with van der Waals surface area (Å²) in [5, 5.41) is 1.06. The van der Waals surface area contributed by atoms with Gasteiger partial charge >= 0.3 is 0 Å². The van der Waals surface area contributed by atoms with Crippen LogP contribution in [0.25, 0.3) is 6.20 Å². The minimum absolute atomic E-state index is 0.0575. The van der Waals surface area contributed by atoms with Crippen molar-refractivity contribution in [2.24, 2.45) is 10.7 Å². The molecule has 0 aliphatic carbocycles. The summed E-state index contributed by atoms with van der Waals surface area (Å²) in [7, 11) is 2.11. The van der Waals surface area contributed by atoms with Crippen LogP contribution >= 0.6 is 0 Å². The predicted molar refractivity (Wildman–Crippen MR) is 103 cm³/mol.